The highest BCUT2D eigenvalue weighted by atomic mass is 16.1. The molecule has 1 aliphatic rings. The van der Waals surface area contributed by atoms with E-state index in [1.807, 2.05) is 6.92 Å². The van der Waals surface area contributed by atoms with Gasteiger partial charge in [-0.2, -0.15) is 0 Å². The van der Waals surface area contributed by atoms with Crippen LogP contribution in [0.2, 0.25) is 0 Å². The van der Waals surface area contributed by atoms with Crippen LogP contribution in [0.5, 0.6) is 0 Å². The number of aromatic nitrogens is 2. The molecule has 1 aromatic rings. The minimum Gasteiger partial charge on any atom is -0.350 e. The van der Waals surface area contributed by atoms with Crippen molar-refractivity contribution in [1.82, 2.24) is 14.9 Å². The fourth-order valence-electron chi connectivity index (χ4n) is 2.53. The van der Waals surface area contributed by atoms with Gasteiger partial charge in [-0.3, -0.25) is 4.79 Å². The van der Waals surface area contributed by atoms with Gasteiger partial charge >= 0.3 is 0 Å². The Labute approximate surface area is 108 Å². The summed E-state index contributed by atoms with van der Waals surface area (Å²) in [6.45, 7) is 7.56. The maximum absolute atomic E-state index is 12.2. The van der Waals surface area contributed by atoms with Crippen LogP contribution < -0.4 is 15.8 Å². The van der Waals surface area contributed by atoms with Crippen molar-refractivity contribution in [3.05, 3.63) is 22.7 Å². The van der Waals surface area contributed by atoms with Gasteiger partial charge in [0.15, 0.2) is 5.82 Å². The van der Waals surface area contributed by atoms with Crippen LogP contribution in [0.1, 0.15) is 26.7 Å². The van der Waals surface area contributed by atoms with Gasteiger partial charge in [0, 0.05) is 38.1 Å². The van der Waals surface area contributed by atoms with Crippen LogP contribution in [0.25, 0.3) is 0 Å². The highest BCUT2D eigenvalue weighted by molar-refractivity contribution is 5.36. The summed E-state index contributed by atoms with van der Waals surface area (Å²) in [6.07, 6.45) is 5.76. The predicted octanol–water partition coefficient (Wildman–Crippen LogP) is 0.841. The Morgan fingerprint density at radius 3 is 3.06 bits per heavy atom. The van der Waals surface area contributed by atoms with Gasteiger partial charge in [0.2, 0.25) is 0 Å². The topological polar surface area (TPSA) is 50.2 Å². The van der Waals surface area contributed by atoms with Gasteiger partial charge < -0.3 is 14.8 Å². The first-order valence-electron chi connectivity index (χ1n) is 6.80. The molecule has 5 nitrogen and oxygen atoms in total. The Hall–Kier alpha value is -1.36. The summed E-state index contributed by atoms with van der Waals surface area (Å²) < 4.78 is 1.71. The molecule has 1 aromatic heterocycles. The molecule has 1 saturated heterocycles. The summed E-state index contributed by atoms with van der Waals surface area (Å²) in [4.78, 5) is 18.6. The second-order valence-corrected chi connectivity index (χ2v) is 4.68. The smallest absolute Gasteiger partial charge is 0.293 e. The second-order valence-electron chi connectivity index (χ2n) is 4.68. The molecule has 0 bridgehead atoms. The van der Waals surface area contributed by atoms with Crippen molar-refractivity contribution < 1.29 is 0 Å². The molecular weight excluding hydrogens is 228 g/mol. The maximum Gasteiger partial charge on any atom is 0.293 e. The Morgan fingerprint density at radius 1 is 1.50 bits per heavy atom. The molecule has 1 aliphatic heterocycles. The van der Waals surface area contributed by atoms with E-state index in [0.717, 1.165) is 26.1 Å². The summed E-state index contributed by atoms with van der Waals surface area (Å²) in [6, 6.07) is 0.472. The normalized spacial score (nSPS) is 20.1. The van der Waals surface area contributed by atoms with Gasteiger partial charge in [-0.05, 0) is 26.3 Å². The molecule has 100 valence electrons. The maximum atomic E-state index is 12.2. The van der Waals surface area contributed by atoms with Crippen LogP contribution in [-0.2, 0) is 6.54 Å². The van der Waals surface area contributed by atoms with E-state index in [9.17, 15) is 4.79 Å². The molecule has 1 unspecified atom stereocenters. The van der Waals surface area contributed by atoms with Crippen molar-refractivity contribution in [2.75, 3.05) is 24.5 Å². The number of nitrogens with one attached hydrogen (secondary N) is 1. The van der Waals surface area contributed by atoms with Crippen LogP contribution in [0, 0.1) is 0 Å². The Morgan fingerprint density at radius 2 is 2.33 bits per heavy atom. The zero-order valence-corrected chi connectivity index (χ0v) is 11.2. The van der Waals surface area contributed by atoms with Gasteiger partial charge in [-0.25, -0.2) is 4.98 Å². The third-order valence-corrected chi connectivity index (χ3v) is 3.45. The molecule has 0 spiro atoms. The number of rotatable bonds is 4. The lowest BCUT2D eigenvalue weighted by Gasteiger charge is -2.33. The van der Waals surface area contributed by atoms with Crippen molar-refractivity contribution in [2.45, 2.75) is 39.3 Å². The van der Waals surface area contributed by atoms with Gasteiger partial charge in [-0.1, -0.05) is 6.92 Å². The second kappa shape index (κ2) is 6.00. The van der Waals surface area contributed by atoms with E-state index < -0.39 is 0 Å². The lowest BCUT2D eigenvalue weighted by atomic mass is 10.1. The zero-order valence-electron chi connectivity index (χ0n) is 11.2. The molecule has 2 rings (SSSR count). The number of hydrogen-bond acceptors (Lipinski definition) is 4. The summed E-state index contributed by atoms with van der Waals surface area (Å²) in [5, 5.41) is 3.45. The third kappa shape index (κ3) is 2.72. The molecule has 2 heterocycles. The van der Waals surface area contributed by atoms with E-state index in [1.54, 1.807) is 17.0 Å². The Kier molecular flexibility index (Phi) is 4.36. The lowest BCUT2D eigenvalue weighted by molar-refractivity contribution is 0.428. The average molecular weight is 250 g/mol. The van der Waals surface area contributed by atoms with E-state index in [4.69, 9.17) is 0 Å². The fourth-order valence-corrected chi connectivity index (χ4v) is 2.53. The molecule has 5 heteroatoms. The van der Waals surface area contributed by atoms with Crippen LogP contribution >= 0.6 is 0 Å². The molecule has 0 saturated carbocycles. The fraction of sp³-hybridized carbons (Fsp3) is 0.692. The van der Waals surface area contributed by atoms with Crippen molar-refractivity contribution in [2.24, 2.45) is 0 Å². The third-order valence-electron chi connectivity index (χ3n) is 3.45. The summed E-state index contributed by atoms with van der Waals surface area (Å²) in [7, 11) is 0. The number of hydrogen-bond donors (Lipinski definition) is 1. The standard InChI is InChI=1S/C13H22N4O/c1-3-14-11-6-5-8-17(10-11)12-13(18)16(4-2)9-7-15-12/h7,9,11,14H,3-6,8,10H2,1-2H3. The molecule has 1 atom stereocenters. The SMILES string of the molecule is CCNC1CCCN(c2nccn(CC)c2=O)C1. The molecule has 0 radical (unpaired) electrons. The molecule has 0 aliphatic carbocycles. The van der Waals surface area contributed by atoms with Gasteiger partial charge in [0.05, 0.1) is 0 Å². The molecule has 1 N–H and O–H groups in total. The van der Waals surface area contributed by atoms with Crippen molar-refractivity contribution >= 4 is 5.82 Å². The first-order valence-corrected chi connectivity index (χ1v) is 6.80. The number of piperidine rings is 1. The monoisotopic (exact) mass is 250 g/mol. The number of likely N-dealkylation sites (N-methyl/N-ethyl adjacent to an activating group) is 1. The van der Waals surface area contributed by atoms with E-state index in [1.165, 1.54) is 6.42 Å². The van der Waals surface area contributed by atoms with Crippen LogP contribution in [0.15, 0.2) is 17.2 Å². The Bertz CT molecular complexity index is 441. The minimum absolute atomic E-state index is 0.0251. The lowest BCUT2D eigenvalue weighted by Crippen LogP contribution is -2.47. The molecule has 0 amide bonds. The van der Waals surface area contributed by atoms with Crippen molar-refractivity contribution in [1.29, 1.82) is 0 Å². The van der Waals surface area contributed by atoms with Gasteiger partial charge in [0.1, 0.15) is 0 Å². The van der Waals surface area contributed by atoms with E-state index in [2.05, 4.69) is 22.1 Å². The first kappa shape index (κ1) is 13.1. The molecular formula is C13H22N4O. The van der Waals surface area contributed by atoms with Crippen LogP contribution in [0.3, 0.4) is 0 Å². The van der Waals surface area contributed by atoms with E-state index >= 15 is 0 Å². The van der Waals surface area contributed by atoms with Crippen molar-refractivity contribution in [3.63, 3.8) is 0 Å². The largest absolute Gasteiger partial charge is 0.350 e. The number of nitrogens with zero attached hydrogens (tertiary/aromatic N) is 3. The number of anilines is 1. The van der Waals surface area contributed by atoms with Gasteiger partial charge in [-0.15, -0.1) is 0 Å². The minimum atomic E-state index is 0.0251. The van der Waals surface area contributed by atoms with Crippen LogP contribution in [0.4, 0.5) is 5.82 Å². The molecule has 18 heavy (non-hydrogen) atoms. The summed E-state index contributed by atoms with van der Waals surface area (Å²) in [5.74, 6) is 0.599. The zero-order chi connectivity index (χ0) is 13.0. The average Bonchev–Trinajstić information content (AvgIpc) is 2.40. The highest BCUT2D eigenvalue weighted by Crippen LogP contribution is 2.14. The highest BCUT2D eigenvalue weighted by Gasteiger charge is 2.22. The quantitative estimate of drug-likeness (QED) is 0.860. The molecule has 0 aromatic carbocycles. The summed E-state index contributed by atoms with van der Waals surface area (Å²) in [5.41, 5.74) is 0.0251. The van der Waals surface area contributed by atoms with E-state index in [-0.39, 0.29) is 5.56 Å². The van der Waals surface area contributed by atoms with Crippen LogP contribution in [-0.4, -0.2) is 35.2 Å². The van der Waals surface area contributed by atoms with Gasteiger partial charge in [0.25, 0.3) is 5.56 Å². The predicted molar refractivity (Wildman–Crippen MR) is 73.1 cm³/mol. The Balaban J connectivity index is 2.18. The van der Waals surface area contributed by atoms with Crippen molar-refractivity contribution in [3.8, 4) is 0 Å². The first-order chi connectivity index (χ1) is 8.76. The summed E-state index contributed by atoms with van der Waals surface area (Å²) >= 11 is 0. The number of aryl methyl sites for hydroxylation is 1. The molecule has 1 fully saturated rings. The van der Waals surface area contributed by atoms with E-state index in [0.29, 0.717) is 18.4 Å².